The summed E-state index contributed by atoms with van der Waals surface area (Å²) in [4.78, 5) is 9.18. The van der Waals surface area contributed by atoms with Crippen molar-refractivity contribution in [1.29, 1.82) is 0 Å². The van der Waals surface area contributed by atoms with Gasteiger partial charge in [-0.25, -0.2) is 4.98 Å². The first kappa shape index (κ1) is 14.7. The Hall–Kier alpha value is -0.720. The van der Waals surface area contributed by atoms with Crippen molar-refractivity contribution < 1.29 is 4.74 Å². The van der Waals surface area contributed by atoms with Crippen molar-refractivity contribution in [3.8, 4) is 0 Å². The fraction of sp³-hybridized carbons (Fsp3) is 0.846. The molecule has 1 fully saturated rings. The summed E-state index contributed by atoms with van der Waals surface area (Å²) in [5, 5.41) is 1.02. The quantitative estimate of drug-likeness (QED) is 0.822. The molecule has 1 aromatic heterocycles. The van der Waals surface area contributed by atoms with Crippen LogP contribution in [0.5, 0.6) is 0 Å². The highest BCUT2D eigenvalue weighted by Crippen LogP contribution is 2.16. The molecule has 2 atom stereocenters. The highest BCUT2D eigenvalue weighted by Gasteiger charge is 2.22. The molecule has 0 bridgehead atoms. The molecular formula is C13H24N4OS. The molecule has 108 valence electrons. The van der Waals surface area contributed by atoms with Gasteiger partial charge in [0.1, 0.15) is 5.82 Å². The molecule has 1 aromatic rings. The Kier molecular flexibility index (Phi) is 5.13. The summed E-state index contributed by atoms with van der Waals surface area (Å²) < 4.78 is 10.1. The molecular weight excluding hydrogens is 260 g/mol. The molecule has 0 unspecified atom stereocenters. The first-order valence-electron chi connectivity index (χ1n) is 7.00. The van der Waals surface area contributed by atoms with Gasteiger partial charge in [0.05, 0.1) is 12.2 Å². The molecule has 0 aromatic carbocycles. The van der Waals surface area contributed by atoms with E-state index in [9.17, 15) is 0 Å². The lowest BCUT2D eigenvalue weighted by atomic mass is 10.2. The molecule has 6 heteroatoms. The van der Waals surface area contributed by atoms with Crippen LogP contribution in [0.15, 0.2) is 0 Å². The number of hydrogen-bond donors (Lipinski definition) is 0. The number of morpholine rings is 1. The Labute approximate surface area is 119 Å². The molecule has 0 radical (unpaired) electrons. The van der Waals surface area contributed by atoms with E-state index in [1.807, 2.05) is 0 Å². The highest BCUT2D eigenvalue weighted by molar-refractivity contribution is 7.09. The van der Waals surface area contributed by atoms with Crippen molar-refractivity contribution in [2.75, 3.05) is 38.1 Å². The molecule has 0 amide bonds. The minimum absolute atomic E-state index is 0.335. The standard InChI is InChI=1S/C13H24N4OS/c1-5-12-14-13(19-15-12)16(4)6-7-17-8-10(2)18-11(3)9-17/h10-11H,5-9H2,1-4H3/t10-,11+. The van der Waals surface area contributed by atoms with Crippen LogP contribution in [-0.4, -0.2) is 59.7 Å². The smallest absolute Gasteiger partial charge is 0.204 e. The lowest BCUT2D eigenvalue weighted by Crippen LogP contribution is -2.47. The largest absolute Gasteiger partial charge is 0.373 e. The topological polar surface area (TPSA) is 41.5 Å². The van der Waals surface area contributed by atoms with Crippen LogP contribution in [0.4, 0.5) is 5.13 Å². The van der Waals surface area contributed by atoms with Crippen LogP contribution in [0, 0.1) is 0 Å². The van der Waals surface area contributed by atoms with Gasteiger partial charge in [-0.2, -0.15) is 4.37 Å². The van der Waals surface area contributed by atoms with Gasteiger partial charge in [-0.05, 0) is 13.8 Å². The molecule has 0 spiro atoms. The van der Waals surface area contributed by atoms with Gasteiger partial charge >= 0.3 is 0 Å². The van der Waals surface area contributed by atoms with Gasteiger partial charge in [-0.3, -0.25) is 4.90 Å². The van der Waals surface area contributed by atoms with Gasteiger partial charge < -0.3 is 9.64 Å². The van der Waals surface area contributed by atoms with Crippen molar-refractivity contribution in [2.45, 2.75) is 39.4 Å². The minimum Gasteiger partial charge on any atom is -0.373 e. The Morgan fingerprint density at radius 1 is 1.37 bits per heavy atom. The summed E-state index contributed by atoms with van der Waals surface area (Å²) in [5.41, 5.74) is 0. The zero-order chi connectivity index (χ0) is 13.8. The summed E-state index contributed by atoms with van der Waals surface area (Å²) in [6.07, 6.45) is 1.58. The molecule has 0 saturated carbocycles. The van der Waals surface area contributed by atoms with Crippen molar-refractivity contribution in [3.05, 3.63) is 5.82 Å². The van der Waals surface area contributed by atoms with Gasteiger partial charge in [0.25, 0.3) is 0 Å². The van der Waals surface area contributed by atoms with E-state index in [0.717, 1.165) is 43.6 Å². The Bertz CT molecular complexity index is 388. The van der Waals surface area contributed by atoms with E-state index in [4.69, 9.17) is 4.74 Å². The highest BCUT2D eigenvalue weighted by atomic mass is 32.1. The average molecular weight is 284 g/mol. The molecule has 1 aliphatic rings. The summed E-state index contributed by atoms with van der Waals surface area (Å²) in [6.45, 7) is 10.5. The maximum atomic E-state index is 5.75. The number of aryl methyl sites for hydroxylation is 1. The SMILES string of the molecule is CCc1nsc(N(C)CCN2C[C@@H](C)O[C@@H](C)C2)n1. The van der Waals surface area contributed by atoms with E-state index in [1.54, 1.807) is 0 Å². The molecule has 2 rings (SSSR count). The van der Waals surface area contributed by atoms with Crippen LogP contribution < -0.4 is 4.90 Å². The predicted molar refractivity (Wildman–Crippen MR) is 79.0 cm³/mol. The van der Waals surface area contributed by atoms with E-state index in [0.29, 0.717) is 12.2 Å². The van der Waals surface area contributed by atoms with Crippen LogP contribution in [0.3, 0.4) is 0 Å². The van der Waals surface area contributed by atoms with E-state index < -0.39 is 0 Å². The molecule has 2 heterocycles. The molecule has 0 aliphatic carbocycles. The van der Waals surface area contributed by atoms with Crippen LogP contribution in [-0.2, 0) is 11.2 Å². The van der Waals surface area contributed by atoms with Gasteiger partial charge in [0.2, 0.25) is 5.13 Å². The second kappa shape index (κ2) is 6.63. The van der Waals surface area contributed by atoms with E-state index >= 15 is 0 Å². The summed E-state index contributed by atoms with van der Waals surface area (Å²) in [6, 6.07) is 0. The van der Waals surface area contributed by atoms with Gasteiger partial charge in [-0.1, -0.05) is 6.92 Å². The fourth-order valence-corrected chi connectivity index (χ4v) is 3.13. The first-order chi connectivity index (χ1) is 9.08. The maximum Gasteiger partial charge on any atom is 0.204 e. The minimum atomic E-state index is 0.335. The molecule has 1 aliphatic heterocycles. The zero-order valence-electron chi connectivity index (χ0n) is 12.3. The summed E-state index contributed by atoms with van der Waals surface area (Å²) in [5.74, 6) is 0.945. The number of aromatic nitrogens is 2. The van der Waals surface area contributed by atoms with Crippen LogP contribution in [0.1, 0.15) is 26.6 Å². The van der Waals surface area contributed by atoms with E-state index in [-0.39, 0.29) is 0 Å². The van der Waals surface area contributed by atoms with Gasteiger partial charge in [0.15, 0.2) is 0 Å². The Balaban J connectivity index is 1.81. The Morgan fingerprint density at radius 2 is 2.05 bits per heavy atom. The van der Waals surface area contributed by atoms with E-state index in [1.165, 1.54) is 11.5 Å². The number of likely N-dealkylation sites (N-methyl/N-ethyl adjacent to an activating group) is 1. The third kappa shape index (κ3) is 4.12. The van der Waals surface area contributed by atoms with Crippen LogP contribution in [0.2, 0.25) is 0 Å². The lowest BCUT2D eigenvalue weighted by Gasteiger charge is -2.36. The van der Waals surface area contributed by atoms with Crippen molar-refractivity contribution in [2.24, 2.45) is 0 Å². The monoisotopic (exact) mass is 284 g/mol. The maximum absolute atomic E-state index is 5.75. The third-order valence-electron chi connectivity index (χ3n) is 3.35. The van der Waals surface area contributed by atoms with Gasteiger partial charge in [-0.15, -0.1) is 0 Å². The third-order valence-corrected chi connectivity index (χ3v) is 4.22. The number of rotatable bonds is 5. The van der Waals surface area contributed by atoms with E-state index in [2.05, 4.69) is 47.0 Å². The summed E-state index contributed by atoms with van der Waals surface area (Å²) in [7, 11) is 2.09. The number of ether oxygens (including phenoxy) is 1. The number of nitrogens with zero attached hydrogens (tertiary/aromatic N) is 4. The van der Waals surface area contributed by atoms with Crippen LogP contribution >= 0.6 is 11.5 Å². The summed E-state index contributed by atoms with van der Waals surface area (Å²) >= 11 is 1.49. The lowest BCUT2D eigenvalue weighted by molar-refractivity contribution is -0.0670. The van der Waals surface area contributed by atoms with Gasteiger partial charge in [0, 0.05) is 51.2 Å². The second-order valence-electron chi connectivity index (χ2n) is 5.29. The first-order valence-corrected chi connectivity index (χ1v) is 7.77. The molecule has 19 heavy (non-hydrogen) atoms. The predicted octanol–water partition coefficient (Wildman–Crippen LogP) is 1.65. The molecule has 1 saturated heterocycles. The zero-order valence-corrected chi connectivity index (χ0v) is 13.1. The molecule has 0 N–H and O–H groups in total. The number of hydrogen-bond acceptors (Lipinski definition) is 6. The second-order valence-corrected chi connectivity index (χ2v) is 6.02. The normalized spacial score (nSPS) is 24.6. The van der Waals surface area contributed by atoms with Crippen molar-refractivity contribution in [3.63, 3.8) is 0 Å². The molecule has 5 nitrogen and oxygen atoms in total. The fourth-order valence-electron chi connectivity index (χ4n) is 2.40. The van der Waals surface area contributed by atoms with Crippen LogP contribution in [0.25, 0.3) is 0 Å². The van der Waals surface area contributed by atoms with Crippen molar-refractivity contribution in [1.82, 2.24) is 14.3 Å². The number of anilines is 1. The Morgan fingerprint density at radius 3 is 2.63 bits per heavy atom. The van der Waals surface area contributed by atoms with Crippen molar-refractivity contribution >= 4 is 16.7 Å². The average Bonchev–Trinajstić information content (AvgIpc) is 2.83.